The van der Waals surface area contributed by atoms with E-state index in [2.05, 4.69) is 77.7 Å². The van der Waals surface area contributed by atoms with E-state index in [1.807, 2.05) is 38.8 Å². The zero-order valence-corrected chi connectivity index (χ0v) is 38.0. The minimum atomic E-state index is -1.13. The molecule has 2 fully saturated rings. The zero-order valence-electron chi connectivity index (χ0n) is 38.0. The normalized spacial score (nSPS) is 18.7. The fourth-order valence-corrected chi connectivity index (χ4v) is 10.3. The highest BCUT2D eigenvalue weighted by molar-refractivity contribution is 5.90. The van der Waals surface area contributed by atoms with Crippen molar-refractivity contribution in [2.45, 2.75) is 110 Å². The summed E-state index contributed by atoms with van der Waals surface area (Å²) in [6.07, 6.45) is 6.73. The number of likely N-dealkylation sites (tertiary alicyclic amines) is 2. The molecule has 3 aromatic carbocycles. The summed E-state index contributed by atoms with van der Waals surface area (Å²) < 4.78 is 11.6. The molecule has 338 valence electrons. The minimum Gasteiger partial charge on any atom is -0.465 e. The van der Waals surface area contributed by atoms with Crippen LogP contribution in [0.4, 0.5) is 9.59 Å². The number of imidazole rings is 2. The molecule has 15 heteroatoms. The van der Waals surface area contributed by atoms with E-state index < -0.39 is 24.3 Å². The number of alkyl carbamates (subject to hydrolysis) is 1. The first-order chi connectivity index (χ1) is 30.7. The lowest BCUT2D eigenvalue weighted by molar-refractivity contribution is -0.138. The quantitative estimate of drug-likeness (QED) is 0.0949. The Balaban J connectivity index is 1.04. The maximum Gasteiger partial charge on any atom is 0.407 e. The first kappa shape index (κ1) is 44.2. The molecule has 3 aliphatic rings. The van der Waals surface area contributed by atoms with Crippen LogP contribution in [0.5, 0.6) is 11.5 Å². The summed E-state index contributed by atoms with van der Waals surface area (Å²) in [7, 11) is 2.75. The Bertz CT molecular complexity index is 2580. The maximum atomic E-state index is 13.8. The number of fused-ring (bicyclic) bond motifs is 3. The highest BCUT2D eigenvalue weighted by Crippen LogP contribution is 2.53. The van der Waals surface area contributed by atoms with Crippen molar-refractivity contribution in [2.24, 2.45) is 11.8 Å². The minimum absolute atomic E-state index is 0.120. The summed E-state index contributed by atoms with van der Waals surface area (Å²) in [5.41, 5.74) is 5.51. The third kappa shape index (κ3) is 7.83. The van der Waals surface area contributed by atoms with Gasteiger partial charge in [-0.05, 0) is 85.4 Å². The lowest BCUT2D eigenvalue weighted by atomic mass is 9.68. The van der Waals surface area contributed by atoms with Crippen LogP contribution in [-0.2, 0) is 19.7 Å². The third-order valence-corrected chi connectivity index (χ3v) is 13.9. The summed E-state index contributed by atoms with van der Waals surface area (Å²) in [6.45, 7) is 13.1. The molecular weight excluding hydrogens is 813 g/mol. The Morgan fingerprint density at radius 1 is 0.812 bits per heavy atom. The van der Waals surface area contributed by atoms with Crippen molar-refractivity contribution in [2.75, 3.05) is 27.2 Å². The average molecular weight is 873 g/mol. The van der Waals surface area contributed by atoms with E-state index in [0.717, 1.165) is 105 Å². The molecule has 4 atom stereocenters. The van der Waals surface area contributed by atoms with Crippen LogP contribution in [-0.4, -0.2) is 103 Å². The molecule has 2 aromatic heterocycles. The zero-order chi connectivity index (χ0) is 45.6. The Kier molecular flexibility index (Phi) is 12.2. The molecule has 8 rings (SSSR count). The lowest BCUT2D eigenvalue weighted by Crippen LogP contribution is -2.51. The number of hydrogen-bond donors (Lipinski definition) is 4. The van der Waals surface area contributed by atoms with Gasteiger partial charge in [-0.15, -0.1) is 0 Å². The van der Waals surface area contributed by atoms with Crippen LogP contribution in [0.25, 0.3) is 33.3 Å². The molecule has 2 unspecified atom stereocenters. The number of aromatic nitrogens is 4. The van der Waals surface area contributed by atoms with Gasteiger partial charge in [-0.25, -0.2) is 19.6 Å². The number of carbonyl (C=O) groups excluding carboxylic acids is 3. The van der Waals surface area contributed by atoms with Crippen LogP contribution >= 0.6 is 0 Å². The van der Waals surface area contributed by atoms with Crippen LogP contribution in [0.1, 0.15) is 115 Å². The van der Waals surface area contributed by atoms with E-state index in [9.17, 15) is 24.3 Å². The second-order valence-electron chi connectivity index (χ2n) is 18.2. The molecule has 0 saturated carbocycles. The van der Waals surface area contributed by atoms with Gasteiger partial charge in [-0.1, -0.05) is 65.8 Å². The third-order valence-electron chi connectivity index (χ3n) is 13.9. The molecule has 5 heterocycles. The molecule has 15 nitrogen and oxygen atoms in total. The molecule has 0 spiro atoms. The van der Waals surface area contributed by atoms with Gasteiger partial charge in [0, 0.05) is 47.8 Å². The fraction of sp³-hybridized carbons (Fsp3) is 0.469. The van der Waals surface area contributed by atoms with E-state index in [1.165, 1.54) is 14.2 Å². The molecule has 64 heavy (non-hydrogen) atoms. The summed E-state index contributed by atoms with van der Waals surface area (Å²) in [5.74, 6) is 2.35. The highest BCUT2D eigenvalue weighted by atomic mass is 16.5. The highest BCUT2D eigenvalue weighted by Gasteiger charge is 2.42. The molecule has 0 aliphatic carbocycles. The van der Waals surface area contributed by atoms with E-state index in [-0.39, 0.29) is 41.1 Å². The van der Waals surface area contributed by atoms with Gasteiger partial charge in [0.25, 0.3) is 0 Å². The number of carbonyl (C=O) groups is 4. The predicted molar refractivity (Wildman–Crippen MR) is 243 cm³/mol. The maximum absolute atomic E-state index is 13.8. The van der Waals surface area contributed by atoms with Crippen molar-refractivity contribution >= 4 is 34.8 Å². The second-order valence-corrected chi connectivity index (χ2v) is 18.2. The second kappa shape index (κ2) is 17.6. The van der Waals surface area contributed by atoms with Gasteiger partial charge in [0.15, 0.2) is 0 Å². The number of ether oxygens (including phenoxy) is 2. The largest absolute Gasteiger partial charge is 0.465 e. The molecule has 0 radical (unpaired) electrons. The number of nitrogens with one attached hydrogen (secondary N) is 3. The van der Waals surface area contributed by atoms with E-state index in [4.69, 9.17) is 19.4 Å². The Labute approximate surface area is 373 Å². The molecular formula is C49H60N8O7. The first-order valence-corrected chi connectivity index (χ1v) is 22.6. The van der Waals surface area contributed by atoms with Gasteiger partial charge < -0.3 is 39.7 Å². The van der Waals surface area contributed by atoms with Crippen LogP contribution in [0.15, 0.2) is 60.9 Å². The number of carboxylic acid groups (broad SMARTS) is 1. The van der Waals surface area contributed by atoms with Gasteiger partial charge in [0.1, 0.15) is 35.2 Å². The van der Waals surface area contributed by atoms with Crippen LogP contribution in [0.3, 0.4) is 0 Å². The van der Waals surface area contributed by atoms with Crippen molar-refractivity contribution in [1.29, 1.82) is 0 Å². The molecule has 3 aliphatic heterocycles. The number of H-pyrrole nitrogens is 2. The molecule has 0 bridgehead atoms. The summed E-state index contributed by atoms with van der Waals surface area (Å²) in [6, 6.07) is 15.1. The van der Waals surface area contributed by atoms with Gasteiger partial charge in [-0.3, -0.25) is 14.5 Å². The van der Waals surface area contributed by atoms with E-state index in [1.54, 1.807) is 11.1 Å². The van der Waals surface area contributed by atoms with Gasteiger partial charge in [0.2, 0.25) is 11.8 Å². The van der Waals surface area contributed by atoms with Gasteiger partial charge in [0.05, 0.1) is 43.0 Å². The number of rotatable bonds is 12. The number of benzene rings is 3. The van der Waals surface area contributed by atoms with Crippen molar-refractivity contribution in [1.82, 2.24) is 40.0 Å². The average Bonchev–Trinajstić information content (AvgIpc) is 4.13. The van der Waals surface area contributed by atoms with Crippen molar-refractivity contribution in [3.8, 4) is 34.0 Å². The van der Waals surface area contributed by atoms with Crippen LogP contribution in [0.2, 0.25) is 0 Å². The Morgan fingerprint density at radius 3 is 1.95 bits per heavy atom. The monoisotopic (exact) mass is 872 g/mol. The molecule has 5 aromatic rings. The predicted octanol–water partition coefficient (Wildman–Crippen LogP) is 9.17. The standard InChI is InChI=1S/C49H60N8O7/c1-9-49(10-2)33-18-17-31(36-26-51-44(53-36)38-14-12-20-57(38)46(59)42(28(5)6)55(7)48(61)62)24-39(33)64-40-23-29-15-16-30(21-32(29)22-34(40)49)35-25-50-43(52-35)37-13-11-19-56(37)45(58)41(27(3)4)54-47(60)63-8/h15-18,21-28,37-38,41-42H,9-14,19-20H2,1-8H3,(H,50,52)(H,51,53)(H,54,60)(H,61,62)/t37-,38-,41?,42?/m0/s1. The number of nitrogens with zero attached hydrogens (tertiary/aromatic N) is 5. The van der Waals surface area contributed by atoms with Crippen molar-refractivity contribution in [3.05, 3.63) is 83.7 Å². The van der Waals surface area contributed by atoms with E-state index in [0.29, 0.717) is 18.9 Å². The number of methoxy groups -OCH3 is 1. The first-order valence-electron chi connectivity index (χ1n) is 22.6. The van der Waals surface area contributed by atoms with Crippen molar-refractivity contribution < 1.29 is 33.8 Å². The van der Waals surface area contributed by atoms with E-state index >= 15 is 0 Å². The number of amides is 4. The number of hydrogen-bond acceptors (Lipinski definition) is 8. The van der Waals surface area contributed by atoms with Crippen LogP contribution < -0.4 is 10.1 Å². The van der Waals surface area contributed by atoms with Crippen molar-refractivity contribution in [3.63, 3.8) is 0 Å². The number of aromatic amines is 2. The molecule has 2 saturated heterocycles. The SMILES string of the molecule is CCC1(CC)c2ccc(-c3cnc([C@@H]4CCCN4C(=O)C(C(C)C)N(C)C(=O)O)[nH]3)cc2Oc2cc3ccc(-c4cnc([C@@H]5CCCN5C(=O)C(NC(=O)OC)C(C)C)[nH]4)cc3cc21. The summed E-state index contributed by atoms with van der Waals surface area (Å²) in [4.78, 5) is 72.7. The number of likely N-dealkylation sites (N-methyl/N-ethyl adjacent to an activating group) is 1. The Hall–Kier alpha value is -6.38. The van der Waals surface area contributed by atoms with Gasteiger partial charge in [-0.2, -0.15) is 0 Å². The van der Waals surface area contributed by atoms with Gasteiger partial charge >= 0.3 is 12.2 Å². The summed E-state index contributed by atoms with van der Waals surface area (Å²) >= 11 is 0. The smallest absolute Gasteiger partial charge is 0.407 e. The lowest BCUT2D eigenvalue weighted by Gasteiger charge is -2.39. The summed E-state index contributed by atoms with van der Waals surface area (Å²) in [5, 5.41) is 14.5. The Morgan fingerprint density at radius 2 is 1.39 bits per heavy atom. The topological polar surface area (TPSA) is 186 Å². The van der Waals surface area contributed by atoms with Crippen LogP contribution in [0, 0.1) is 11.8 Å². The molecule has 4 N–H and O–H groups in total. The molecule has 4 amide bonds. The fourth-order valence-electron chi connectivity index (χ4n) is 10.3.